The molecule has 1 aliphatic heterocycles. The Morgan fingerprint density at radius 1 is 0.917 bits per heavy atom. The third-order valence-corrected chi connectivity index (χ3v) is 8.46. The molecule has 2 aromatic carbocycles. The standard InChI is InChI=1S/C21H22NOP/c1-16-13-14-19-20(15-16)24(23,18-11-7-4-8-12-18)22(2)21(19)17-9-5-3-6-10-17/h3-16,19,21H,1-2H3/t16-,19+,21-,24-/m0/s1. The second-order valence-corrected chi connectivity index (χ2v) is 9.52. The van der Waals surface area contributed by atoms with Crippen LogP contribution in [-0.2, 0) is 4.57 Å². The molecule has 0 saturated carbocycles. The highest BCUT2D eigenvalue weighted by molar-refractivity contribution is 7.73. The van der Waals surface area contributed by atoms with Crippen molar-refractivity contribution in [3.63, 3.8) is 0 Å². The smallest absolute Gasteiger partial charge is 0.203 e. The van der Waals surface area contributed by atoms with Crippen LogP contribution in [0.15, 0.2) is 84.2 Å². The molecule has 0 N–H and O–H groups in total. The molecule has 4 rings (SSSR count). The topological polar surface area (TPSA) is 20.3 Å². The Kier molecular flexibility index (Phi) is 3.83. The van der Waals surface area contributed by atoms with E-state index in [4.69, 9.17) is 0 Å². The van der Waals surface area contributed by atoms with Crippen LogP contribution in [0.25, 0.3) is 0 Å². The van der Waals surface area contributed by atoms with Gasteiger partial charge in [0.05, 0.1) is 6.04 Å². The summed E-state index contributed by atoms with van der Waals surface area (Å²) in [5.74, 6) is 0.510. The largest absolute Gasteiger partial charge is 0.297 e. The lowest BCUT2D eigenvalue weighted by atomic mass is 9.87. The van der Waals surface area contributed by atoms with Crippen LogP contribution in [0, 0.1) is 11.8 Å². The van der Waals surface area contributed by atoms with Crippen molar-refractivity contribution in [1.82, 2.24) is 4.67 Å². The number of hydrogen-bond donors (Lipinski definition) is 0. The maximum atomic E-state index is 14.3. The van der Waals surface area contributed by atoms with Crippen molar-refractivity contribution >= 4 is 12.6 Å². The third-order valence-electron chi connectivity index (χ3n) is 5.18. The van der Waals surface area contributed by atoms with E-state index in [1.807, 2.05) is 43.4 Å². The van der Waals surface area contributed by atoms with Gasteiger partial charge in [-0.2, -0.15) is 0 Å². The molecule has 0 unspecified atom stereocenters. The van der Waals surface area contributed by atoms with Gasteiger partial charge < -0.3 is 0 Å². The van der Waals surface area contributed by atoms with Crippen LogP contribution in [-0.4, -0.2) is 11.7 Å². The summed E-state index contributed by atoms with van der Waals surface area (Å²) in [4.78, 5) is 0. The van der Waals surface area contributed by atoms with Gasteiger partial charge in [-0.3, -0.25) is 4.57 Å². The lowest BCUT2D eigenvalue weighted by molar-refractivity contribution is 0.371. The minimum Gasteiger partial charge on any atom is -0.297 e. The first-order valence-electron chi connectivity index (χ1n) is 8.47. The molecule has 24 heavy (non-hydrogen) atoms. The van der Waals surface area contributed by atoms with Crippen molar-refractivity contribution in [2.75, 3.05) is 7.05 Å². The monoisotopic (exact) mass is 335 g/mol. The molecular weight excluding hydrogens is 313 g/mol. The predicted molar refractivity (Wildman–Crippen MR) is 101 cm³/mol. The zero-order valence-corrected chi connectivity index (χ0v) is 14.9. The van der Waals surface area contributed by atoms with Gasteiger partial charge in [-0.15, -0.1) is 0 Å². The van der Waals surface area contributed by atoms with Crippen LogP contribution in [0.5, 0.6) is 0 Å². The number of benzene rings is 2. The first-order valence-corrected chi connectivity index (χ1v) is 10.1. The van der Waals surface area contributed by atoms with Gasteiger partial charge in [0, 0.05) is 16.5 Å². The summed E-state index contributed by atoms with van der Waals surface area (Å²) in [5, 5.41) is 2.03. The Bertz CT molecular complexity index is 841. The average Bonchev–Trinajstić information content (AvgIpc) is 2.85. The van der Waals surface area contributed by atoms with Gasteiger partial charge in [-0.1, -0.05) is 73.7 Å². The van der Waals surface area contributed by atoms with Crippen LogP contribution in [0.4, 0.5) is 0 Å². The summed E-state index contributed by atoms with van der Waals surface area (Å²) in [6.45, 7) is 2.16. The summed E-state index contributed by atoms with van der Waals surface area (Å²) in [5.41, 5.74) is 1.23. The number of rotatable bonds is 2. The molecule has 3 heteroatoms. The van der Waals surface area contributed by atoms with Crippen LogP contribution < -0.4 is 5.30 Å². The molecule has 0 radical (unpaired) electrons. The molecule has 1 heterocycles. The molecule has 2 aromatic rings. The SMILES string of the molecule is C[C@H]1C=C[C@@H]2C(=C1)[P@@](=O)(c1ccccc1)N(C)[C@H]2c1ccccc1. The minimum absolute atomic E-state index is 0.118. The zero-order chi connectivity index (χ0) is 16.7. The van der Waals surface area contributed by atoms with Crippen molar-refractivity contribution in [2.24, 2.45) is 11.8 Å². The van der Waals surface area contributed by atoms with E-state index < -0.39 is 7.29 Å². The first-order chi connectivity index (χ1) is 11.6. The highest BCUT2D eigenvalue weighted by atomic mass is 31.2. The third kappa shape index (κ3) is 2.25. The quantitative estimate of drug-likeness (QED) is 0.570. The van der Waals surface area contributed by atoms with Gasteiger partial charge in [0.1, 0.15) is 0 Å². The molecule has 2 aliphatic rings. The van der Waals surface area contributed by atoms with E-state index in [0.29, 0.717) is 5.92 Å². The molecule has 0 spiro atoms. The number of allylic oxidation sites excluding steroid dienone is 2. The Hall–Kier alpha value is -1.89. The van der Waals surface area contributed by atoms with Gasteiger partial charge >= 0.3 is 0 Å². The van der Waals surface area contributed by atoms with E-state index in [1.165, 1.54) is 5.56 Å². The van der Waals surface area contributed by atoms with Crippen LogP contribution in [0.2, 0.25) is 0 Å². The van der Waals surface area contributed by atoms with E-state index in [0.717, 1.165) is 10.6 Å². The van der Waals surface area contributed by atoms with E-state index in [1.54, 1.807) is 0 Å². The highest BCUT2D eigenvalue weighted by Crippen LogP contribution is 2.70. The summed E-state index contributed by atoms with van der Waals surface area (Å²) in [6, 6.07) is 20.5. The van der Waals surface area contributed by atoms with Gasteiger partial charge in [-0.05, 0) is 30.7 Å². The van der Waals surface area contributed by atoms with Gasteiger partial charge in [-0.25, -0.2) is 4.67 Å². The lowest BCUT2D eigenvalue weighted by Crippen LogP contribution is -2.21. The summed E-state index contributed by atoms with van der Waals surface area (Å²) in [6.07, 6.45) is 6.72. The second-order valence-electron chi connectivity index (χ2n) is 6.70. The van der Waals surface area contributed by atoms with Crippen LogP contribution >= 0.6 is 7.29 Å². The number of hydrogen-bond acceptors (Lipinski definition) is 1. The maximum absolute atomic E-state index is 14.3. The minimum atomic E-state index is -2.76. The summed E-state index contributed by atoms with van der Waals surface area (Å²) < 4.78 is 16.4. The zero-order valence-electron chi connectivity index (χ0n) is 14.0. The van der Waals surface area contributed by atoms with Crippen molar-refractivity contribution in [3.05, 3.63) is 89.8 Å². The van der Waals surface area contributed by atoms with Crippen molar-refractivity contribution < 1.29 is 4.57 Å². The molecule has 1 saturated heterocycles. The second kappa shape index (κ2) is 5.88. The average molecular weight is 335 g/mol. The molecule has 2 nitrogen and oxygen atoms in total. The molecule has 122 valence electrons. The Labute approximate surface area is 143 Å². The van der Waals surface area contributed by atoms with E-state index in [-0.39, 0.29) is 12.0 Å². The molecule has 0 bridgehead atoms. The van der Waals surface area contributed by atoms with Crippen molar-refractivity contribution in [3.8, 4) is 0 Å². The van der Waals surface area contributed by atoms with Crippen molar-refractivity contribution in [2.45, 2.75) is 13.0 Å². The Morgan fingerprint density at radius 2 is 1.54 bits per heavy atom. The molecule has 1 fully saturated rings. The van der Waals surface area contributed by atoms with E-state index in [9.17, 15) is 4.57 Å². The Balaban J connectivity index is 1.91. The molecule has 1 aliphatic carbocycles. The maximum Gasteiger partial charge on any atom is 0.203 e. The van der Waals surface area contributed by atoms with Gasteiger partial charge in [0.15, 0.2) is 0 Å². The fourth-order valence-corrected chi connectivity index (χ4v) is 7.32. The molecule has 0 amide bonds. The molecular formula is C21H22NOP. The van der Waals surface area contributed by atoms with Gasteiger partial charge in [0.2, 0.25) is 7.29 Å². The normalized spacial score (nSPS) is 32.4. The van der Waals surface area contributed by atoms with Crippen LogP contribution in [0.1, 0.15) is 18.5 Å². The number of nitrogens with zero attached hydrogens (tertiary/aromatic N) is 1. The number of fused-ring (bicyclic) bond motifs is 1. The highest BCUT2D eigenvalue weighted by Gasteiger charge is 2.51. The Morgan fingerprint density at radius 3 is 2.21 bits per heavy atom. The fraction of sp³-hybridized carbons (Fsp3) is 0.238. The fourth-order valence-electron chi connectivity index (χ4n) is 4.02. The van der Waals surface area contributed by atoms with E-state index >= 15 is 0 Å². The summed E-state index contributed by atoms with van der Waals surface area (Å²) >= 11 is 0. The molecule has 0 aromatic heterocycles. The lowest BCUT2D eigenvalue weighted by Gasteiger charge is -2.26. The van der Waals surface area contributed by atoms with Crippen molar-refractivity contribution in [1.29, 1.82) is 0 Å². The van der Waals surface area contributed by atoms with Gasteiger partial charge in [0.25, 0.3) is 0 Å². The summed E-state index contributed by atoms with van der Waals surface area (Å²) in [7, 11) is -0.744. The van der Waals surface area contributed by atoms with Crippen LogP contribution in [0.3, 0.4) is 0 Å². The van der Waals surface area contributed by atoms with E-state index in [2.05, 4.69) is 54.1 Å². The predicted octanol–water partition coefficient (Wildman–Crippen LogP) is 4.98. The molecule has 4 atom stereocenters. The first kappa shape index (κ1) is 15.6.